The van der Waals surface area contributed by atoms with Crippen molar-refractivity contribution in [1.82, 2.24) is 0 Å². The van der Waals surface area contributed by atoms with E-state index in [9.17, 15) is 0 Å². The highest BCUT2D eigenvalue weighted by atomic mass is 14.3. The molecule has 0 aliphatic heterocycles. The molecule has 0 saturated carbocycles. The molecule has 0 heteroatoms. The maximum atomic E-state index is 2.37. The van der Waals surface area contributed by atoms with E-state index in [2.05, 4.69) is 48.5 Å². The molecule has 0 radical (unpaired) electrons. The van der Waals surface area contributed by atoms with Crippen LogP contribution in [0.4, 0.5) is 0 Å². The van der Waals surface area contributed by atoms with E-state index >= 15 is 0 Å². The average molecular weight is 262 g/mol. The molecule has 1 aliphatic rings. The Bertz CT molecular complexity index is 1230. The Morgan fingerprint density at radius 3 is 1.29 bits per heavy atom. The molecular weight excluding hydrogens is 252 g/mol. The first-order chi connectivity index (χ1) is 10.4. The number of hydrogen-bond donors (Lipinski definition) is 0. The van der Waals surface area contributed by atoms with E-state index in [4.69, 9.17) is 0 Å². The van der Waals surface area contributed by atoms with Crippen LogP contribution in [-0.4, -0.2) is 0 Å². The minimum Gasteiger partial charge on any atom is -0.0574 e. The molecule has 0 saturated heterocycles. The Labute approximate surface area is 120 Å². The van der Waals surface area contributed by atoms with Crippen LogP contribution in [0.5, 0.6) is 0 Å². The SMILES string of the molecule is c1cc2cc3ccc4cc5ccc6c7c(c1C6)c2c3c4c57. The molecule has 0 unspecified atom stereocenters. The van der Waals surface area contributed by atoms with Crippen LogP contribution in [0.3, 0.4) is 0 Å². The van der Waals surface area contributed by atoms with E-state index in [0.29, 0.717) is 0 Å². The molecule has 0 atom stereocenters. The van der Waals surface area contributed by atoms with Crippen LogP contribution in [0, 0.1) is 0 Å². The Morgan fingerprint density at radius 2 is 0.810 bits per heavy atom. The van der Waals surface area contributed by atoms with Crippen molar-refractivity contribution < 1.29 is 0 Å². The van der Waals surface area contributed by atoms with Crippen molar-refractivity contribution in [3.8, 4) is 0 Å². The number of hydrogen-bond acceptors (Lipinski definition) is 0. The number of benzene rings is 4. The minimum absolute atomic E-state index is 1.10. The Balaban J connectivity index is 2.13. The lowest BCUT2D eigenvalue weighted by molar-refractivity contribution is 1.28. The van der Waals surface area contributed by atoms with Gasteiger partial charge in [-0.2, -0.15) is 0 Å². The summed E-state index contributed by atoms with van der Waals surface area (Å²) in [6, 6.07) is 18.6. The lowest BCUT2D eigenvalue weighted by Gasteiger charge is -2.08. The lowest BCUT2D eigenvalue weighted by Crippen LogP contribution is -1.80. The summed E-state index contributed by atoms with van der Waals surface area (Å²) in [5.74, 6) is 0. The van der Waals surface area contributed by atoms with Crippen molar-refractivity contribution >= 4 is 53.9 Å². The summed E-state index contributed by atoms with van der Waals surface area (Å²) in [4.78, 5) is 0. The molecule has 0 fully saturated rings. The molecule has 1 aliphatic carbocycles. The van der Waals surface area contributed by atoms with Crippen molar-refractivity contribution in [3.63, 3.8) is 0 Å². The molecule has 6 aromatic carbocycles. The van der Waals surface area contributed by atoms with Gasteiger partial charge < -0.3 is 0 Å². The molecule has 0 bridgehead atoms. The Hall–Kier alpha value is -2.60. The maximum absolute atomic E-state index is 2.37. The second-order valence-corrected chi connectivity index (χ2v) is 6.59. The van der Waals surface area contributed by atoms with Gasteiger partial charge >= 0.3 is 0 Å². The predicted molar refractivity (Wildman–Crippen MR) is 90.3 cm³/mol. The quantitative estimate of drug-likeness (QED) is 0.309. The van der Waals surface area contributed by atoms with Crippen LogP contribution in [-0.2, 0) is 6.42 Å². The molecule has 0 heterocycles. The highest BCUT2D eigenvalue weighted by Crippen LogP contribution is 2.51. The van der Waals surface area contributed by atoms with E-state index in [1.807, 2.05) is 0 Å². The third-order valence-electron chi connectivity index (χ3n) is 5.67. The minimum atomic E-state index is 1.10. The molecule has 0 amide bonds. The van der Waals surface area contributed by atoms with E-state index < -0.39 is 0 Å². The summed E-state index contributed by atoms with van der Waals surface area (Å²) in [5, 5.41) is 14.7. The van der Waals surface area contributed by atoms with Gasteiger partial charge in [0.15, 0.2) is 0 Å². The summed E-state index contributed by atoms with van der Waals surface area (Å²) >= 11 is 0. The smallest absolute Gasteiger partial charge is 0.00130 e. The van der Waals surface area contributed by atoms with Crippen molar-refractivity contribution in [2.75, 3.05) is 0 Å². The predicted octanol–water partition coefficient (Wildman–Crippen LogP) is 5.67. The standard InChI is InChI=1S/C21H10/c1-2-11-8-13-5-6-15-9-14-4-3-12-7-10(1)16-17(11)19(13)21(15)20(14)18(12)16/h1-8H,9H2. The zero-order valence-corrected chi connectivity index (χ0v) is 11.3. The van der Waals surface area contributed by atoms with Gasteiger partial charge in [-0.15, -0.1) is 0 Å². The lowest BCUT2D eigenvalue weighted by atomic mass is 9.95. The molecule has 0 nitrogen and oxygen atoms in total. The van der Waals surface area contributed by atoms with E-state index in [-0.39, 0.29) is 0 Å². The number of rotatable bonds is 0. The topological polar surface area (TPSA) is 0 Å². The summed E-state index contributed by atoms with van der Waals surface area (Å²) in [5.41, 5.74) is 3.03. The first-order valence-electron chi connectivity index (χ1n) is 7.59. The third-order valence-corrected chi connectivity index (χ3v) is 5.67. The van der Waals surface area contributed by atoms with Crippen LogP contribution in [0.2, 0.25) is 0 Å². The van der Waals surface area contributed by atoms with Gasteiger partial charge in [-0.25, -0.2) is 0 Å². The van der Waals surface area contributed by atoms with Crippen molar-refractivity contribution in [2.24, 2.45) is 0 Å². The van der Waals surface area contributed by atoms with Crippen LogP contribution >= 0.6 is 0 Å². The van der Waals surface area contributed by atoms with Gasteiger partial charge in [0.1, 0.15) is 0 Å². The van der Waals surface area contributed by atoms with E-state index in [1.54, 1.807) is 0 Å². The van der Waals surface area contributed by atoms with E-state index in [0.717, 1.165) is 6.42 Å². The largest absolute Gasteiger partial charge is 0.0574 e. The van der Waals surface area contributed by atoms with E-state index in [1.165, 1.54) is 65.0 Å². The second kappa shape index (κ2) is 2.60. The molecule has 6 aromatic rings. The molecule has 21 heavy (non-hydrogen) atoms. The third kappa shape index (κ3) is 0.787. The average Bonchev–Trinajstić information content (AvgIpc) is 3.14. The summed E-state index contributed by atoms with van der Waals surface area (Å²) < 4.78 is 0. The fraction of sp³-hybridized carbons (Fsp3) is 0.0476. The van der Waals surface area contributed by atoms with Crippen molar-refractivity contribution in [2.45, 2.75) is 6.42 Å². The summed E-state index contributed by atoms with van der Waals surface area (Å²) in [7, 11) is 0. The van der Waals surface area contributed by atoms with Gasteiger partial charge in [0.05, 0.1) is 0 Å². The van der Waals surface area contributed by atoms with Gasteiger partial charge in [-0.1, -0.05) is 36.4 Å². The normalized spacial score (nSPS) is 14.5. The van der Waals surface area contributed by atoms with Gasteiger partial charge in [0.2, 0.25) is 0 Å². The fourth-order valence-corrected chi connectivity index (χ4v) is 4.92. The Kier molecular flexibility index (Phi) is 1.16. The van der Waals surface area contributed by atoms with Crippen LogP contribution < -0.4 is 0 Å². The molecule has 94 valence electrons. The first kappa shape index (κ1) is 9.36. The van der Waals surface area contributed by atoms with Gasteiger partial charge in [0.25, 0.3) is 0 Å². The molecule has 0 spiro atoms. The zero-order valence-electron chi connectivity index (χ0n) is 11.3. The maximum Gasteiger partial charge on any atom is -0.00130 e. The zero-order chi connectivity index (χ0) is 13.3. The van der Waals surface area contributed by atoms with Crippen molar-refractivity contribution in [3.05, 3.63) is 59.7 Å². The monoisotopic (exact) mass is 262 g/mol. The van der Waals surface area contributed by atoms with Crippen LogP contribution in [0.1, 0.15) is 11.1 Å². The summed E-state index contributed by atoms with van der Waals surface area (Å²) in [6.07, 6.45) is 1.10. The van der Waals surface area contributed by atoms with Gasteiger partial charge in [-0.3, -0.25) is 0 Å². The molecule has 7 rings (SSSR count). The second-order valence-electron chi connectivity index (χ2n) is 6.59. The summed E-state index contributed by atoms with van der Waals surface area (Å²) in [6.45, 7) is 0. The highest BCUT2D eigenvalue weighted by Gasteiger charge is 2.25. The van der Waals surface area contributed by atoms with Crippen LogP contribution in [0.25, 0.3) is 53.9 Å². The highest BCUT2D eigenvalue weighted by molar-refractivity contribution is 6.43. The Morgan fingerprint density at radius 1 is 0.429 bits per heavy atom. The van der Waals surface area contributed by atoms with Gasteiger partial charge in [-0.05, 0) is 83.5 Å². The molecular formula is C21H10. The molecule has 0 aromatic heterocycles. The van der Waals surface area contributed by atoms with Crippen LogP contribution in [0.15, 0.2) is 48.5 Å². The molecule has 0 N–H and O–H groups in total. The first-order valence-corrected chi connectivity index (χ1v) is 7.59. The van der Waals surface area contributed by atoms with Gasteiger partial charge in [0, 0.05) is 0 Å². The fourth-order valence-electron chi connectivity index (χ4n) is 4.92. The van der Waals surface area contributed by atoms with Crippen molar-refractivity contribution in [1.29, 1.82) is 0 Å².